The number of aliphatic hydroxyl groups is 7. The van der Waals surface area contributed by atoms with Crippen LogP contribution in [0.4, 0.5) is 0 Å². The molecule has 2 bridgehead atoms. The van der Waals surface area contributed by atoms with Crippen molar-refractivity contribution in [1.82, 2.24) is 15.3 Å². The van der Waals surface area contributed by atoms with Gasteiger partial charge in [0.15, 0.2) is 6.29 Å². The Bertz CT molecular complexity index is 2160. The number of hydrogen-bond donors (Lipinski definition) is 11. The summed E-state index contributed by atoms with van der Waals surface area (Å²) < 4.78 is 12.8. The van der Waals surface area contributed by atoms with Gasteiger partial charge < -0.3 is 66.4 Å². The number of carbonyl (C=O) groups is 2. The number of carbonyl (C=O) groups excluding carboxylic acids is 1. The van der Waals surface area contributed by atoms with Crippen molar-refractivity contribution in [2.45, 2.75) is 198 Å². The Labute approximate surface area is 413 Å². The lowest BCUT2D eigenvalue weighted by Crippen LogP contribution is -2.78. The normalized spacial score (nSPS) is 49.2. The molecule has 10 rings (SSSR count). The Morgan fingerprint density at radius 3 is 2.36 bits per heavy atom. The smallest absolute Gasteiger partial charge is 0.310 e. The molecule has 1 aromatic heterocycles. The number of nitrogens with two attached hydrogens (primary N) is 1. The molecule has 7 aliphatic carbocycles. The number of rotatable bonds is 13. The number of imidazole rings is 1. The van der Waals surface area contributed by atoms with Gasteiger partial charge >= 0.3 is 5.97 Å². The number of nitrogens with zero attached hydrogens (tertiary/aromatic N) is 1. The van der Waals surface area contributed by atoms with Crippen LogP contribution in [0.1, 0.15) is 155 Å². The van der Waals surface area contributed by atoms with Gasteiger partial charge in [0.05, 0.1) is 48.7 Å². The molecule has 8 fully saturated rings. The molecular formula is C54H84N4O12. The summed E-state index contributed by atoms with van der Waals surface area (Å²) in [5.41, 5.74) is 2.86. The number of aliphatic hydroxyl groups excluding tert-OH is 7. The summed E-state index contributed by atoms with van der Waals surface area (Å²) >= 11 is 0. The van der Waals surface area contributed by atoms with Gasteiger partial charge in [-0.15, -0.1) is 0 Å². The van der Waals surface area contributed by atoms with Crippen LogP contribution < -0.4 is 11.1 Å². The van der Waals surface area contributed by atoms with E-state index in [4.69, 9.17) is 15.2 Å². The van der Waals surface area contributed by atoms with E-state index in [1.807, 2.05) is 13.1 Å². The van der Waals surface area contributed by atoms with Gasteiger partial charge in [-0.3, -0.25) is 9.59 Å². The van der Waals surface area contributed by atoms with E-state index in [9.17, 15) is 50.4 Å². The summed E-state index contributed by atoms with van der Waals surface area (Å²) in [4.78, 5) is 36.4. The summed E-state index contributed by atoms with van der Waals surface area (Å²) in [7, 11) is 0. The van der Waals surface area contributed by atoms with Crippen LogP contribution in [-0.2, 0) is 19.1 Å². The number of ether oxygens (including phenoxy) is 2. The third kappa shape index (κ3) is 6.71. The van der Waals surface area contributed by atoms with Crippen molar-refractivity contribution in [2.24, 2.45) is 72.7 Å². The standard InChI is InChI=1S/C54H84N4O12/c1-47(28-60)18-19-52(46(67)68)20-21-53-14-8-15-54(17-10-31(53)34(52)24-47)48(53,2)16-11-37-49(3,38(62)26-59)43(70-44-42(65)41(64)36(61)27-69-44)40(63)33(50(37,54)4)23-32-39(58-45(66)51(32)12-5-6-13-51)30(9-7-22-55)35-25-56-29-57-35/h10,25,29-30,32-34,36-44,59-65H,5-9,11-24,26-28,55H2,1-4H3,(H,56,57)(H,58,66)(H,67,68). The average Bonchev–Trinajstić information content (AvgIpc) is 4.11. The Balaban J connectivity index is 1.17. The largest absolute Gasteiger partial charge is 0.481 e. The number of nitrogens with one attached hydrogen (secondary N) is 2. The van der Waals surface area contributed by atoms with Crippen molar-refractivity contribution in [1.29, 1.82) is 0 Å². The first kappa shape index (κ1) is 51.0. The number of amides is 1. The lowest BCUT2D eigenvalue weighted by atomic mass is 9.24. The van der Waals surface area contributed by atoms with Gasteiger partial charge in [0, 0.05) is 35.9 Å². The van der Waals surface area contributed by atoms with E-state index in [0.717, 1.165) is 57.1 Å². The topological polar surface area (TPSA) is 281 Å². The molecule has 70 heavy (non-hydrogen) atoms. The molecule has 9 aliphatic rings. The monoisotopic (exact) mass is 981 g/mol. The molecule has 20 unspecified atom stereocenters. The zero-order valence-electron chi connectivity index (χ0n) is 42.0. The highest BCUT2D eigenvalue weighted by Gasteiger charge is 2.81. The number of aliphatic carboxylic acids is 1. The number of fused-ring (bicyclic) bond motifs is 3. The summed E-state index contributed by atoms with van der Waals surface area (Å²) in [6, 6.07) is -0.333. The fourth-order valence-corrected chi connectivity index (χ4v) is 19.6. The fourth-order valence-electron chi connectivity index (χ4n) is 19.6. The molecule has 1 aromatic rings. The molecule has 2 aliphatic heterocycles. The van der Waals surface area contributed by atoms with Crippen LogP contribution in [0.5, 0.6) is 0 Å². The molecule has 12 N–H and O–H groups in total. The highest BCUT2D eigenvalue weighted by atomic mass is 16.7. The Hall–Kier alpha value is -2.51. The van der Waals surface area contributed by atoms with Crippen molar-refractivity contribution in [3.8, 4) is 0 Å². The second-order valence-electron chi connectivity index (χ2n) is 25.5. The van der Waals surface area contributed by atoms with Gasteiger partial charge in [-0.25, -0.2) is 4.98 Å². The lowest BCUT2D eigenvalue weighted by Gasteiger charge is -2.80. The van der Waals surface area contributed by atoms with E-state index >= 15 is 0 Å². The van der Waals surface area contributed by atoms with E-state index in [1.165, 1.54) is 5.57 Å². The first-order valence-electron chi connectivity index (χ1n) is 27.1. The number of hydrogen-bond acceptors (Lipinski definition) is 13. The van der Waals surface area contributed by atoms with Crippen molar-refractivity contribution in [2.75, 3.05) is 26.4 Å². The van der Waals surface area contributed by atoms with Crippen LogP contribution in [0.2, 0.25) is 0 Å². The van der Waals surface area contributed by atoms with Crippen LogP contribution in [0, 0.1) is 67.0 Å². The summed E-state index contributed by atoms with van der Waals surface area (Å²) in [6.45, 7) is 8.29. The summed E-state index contributed by atoms with van der Waals surface area (Å²) in [6.07, 6.45) is 8.45. The van der Waals surface area contributed by atoms with Crippen molar-refractivity contribution >= 4 is 11.9 Å². The van der Waals surface area contributed by atoms with Crippen molar-refractivity contribution < 1.29 is 59.9 Å². The molecule has 1 amide bonds. The average molecular weight is 981 g/mol. The molecular weight excluding hydrogens is 897 g/mol. The maximum atomic E-state index is 14.9. The van der Waals surface area contributed by atoms with Crippen LogP contribution >= 0.6 is 0 Å². The molecule has 20 atom stereocenters. The van der Waals surface area contributed by atoms with E-state index in [0.29, 0.717) is 70.8 Å². The van der Waals surface area contributed by atoms with Gasteiger partial charge in [-0.1, -0.05) is 58.6 Å². The summed E-state index contributed by atoms with van der Waals surface area (Å²) in [5, 5.41) is 95.9. The molecule has 2 spiro atoms. The van der Waals surface area contributed by atoms with Crippen LogP contribution in [0.15, 0.2) is 24.2 Å². The zero-order chi connectivity index (χ0) is 50.0. The minimum absolute atomic E-state index is 0.00800. The highest BCUT2D eigenvalue weighted by Crippen LogP contribution is 2.85. The number of allylic oxidation sites excluding steroid dienone is 2. The third-order valence-corrected chi connectivity index (χ3v) is 23.4. The quantitative estimate of drug-likeness (QED) is 0.0984. The molecule has 16 heteroatoms. The maximum absolute atomic E-state index is 14.9. The summed E-state index contributed by atoms with van der Waals surface area (Å²) in [5.74, 6) is -2.34. The van der Waals surface area contributed by atoms with Crippen LogP contribution in [-0.4, -0.2) is 138 Å². The SMILES string of the molecule is CC1(CO)CCC2(C(=O)O)CCC34CCCC5(CC=C3C2C1)C1(C)C(CC2C(C(CCCN)c3cnc[nH]3)NC(=O)C23CCCC3)C(O)C(OC2OCC(O)C(O)C2O)C(C)(C(O)CO)C1CCC45C. The fraction of sp³-hybridized carbons (Fsp3) is 0.870. The second kappa shape index (κ2) is 17.8. The van der Waals surface area contributed by atoms with Gasteiger partial charge in [0.2, 0.25) is 5.91 Å². The van der Waals surface area contributed by atoms with Gasteiger partial charge in [-0.2, -0.15) is 0 Å². The molecule has 0 radical (unpaired) electrons. The number of aromatic nitrogens is 2. The van der Waals surface area contributed by atoms with Gasteiger partial charge in [0.1, 0.15) is 18.3 Å². The van der Waals surface area contributed by atoms with E-state index in [-0.39, 0.29) is 48.3 Å². The van der Waals surface area contributed by atoms with Crippen LogP contribution in [0.25, 0.3) is 0 Å². The number of aromatic amines is 1. The molecule has 2 saturated heterocycles. The Morgan fingerprint density at radius 2 is 1.69 bits per heavy atom. The third-order valence-electron chi connectivity index (χ3n) is 23.4. The van der Waals surface area contributed by atoms with Crippen LogP contribution in [0.3, 0.4) is 0 Å². The number of carboxylic acids is 1. The molecule has 3 heterocycles. The molecule has 392 valence electrons. The predicted molar refractivity (Wildman–Crippen MR) is 256 cm³/mol. The maximum Gasteiger partial charge on any atom is 0.310 e. The Kier molecular flexibility index (Phi) is 13.0. The van der Waals surface area contributed by atoms with E-state index in [2.05, 4.69) is 42.1 Å². The van der Waals surface area contributed by atoms with Gasteiger partial charge in [0.25, 0.3) is 0 Å². The second-order valence-corrected chi connectivity index (χ2v) is 25.5. The highest BCUT2D eigenvalue weighted by molar-refractivity contribution is 5.86. The molecule has 6 saturated carbocycles. The predicted octanol–water partition coefficient (Wildman–Crippen LogP) is 4.04. The first-order chi connectivity index (χ1) is 33.2. The minimum Gasteiger partial charge on any atom is -0.481 e. The Morgan fingerprint density at radius 1 is 0.943 bits per heavy atom. The number of carboxylic acid groups (broad SMARTS) is 1. The van der Waals surface area contributed by atoms with Crippen molar-refractivity contribution in [3.05, 3.63) is 29.9 Å². The zero-order valence-corrected chi connectivity index (χ0v) is 42.0. The molecule has 0 aromatic carbocycles. The van der Waals surface area contributed by atoms with E-state index in [1.54, 1.807) is 6.33 Å². The lowest BCUT2D eigenvalue weighted by molar-refractivity contribution is -0.366. The van der Waals surface area contributed by atoms with E-state index < -0.39 is 105 Å². The van der Waals surface area contributed by atoms with Crippen molar-refractivity contribution in [3.63, 3.8) is 0 Å². The minimum atomic E-state index is -1.68. The molecule has 16 nitrogen and oxygen atoms in total. The van der Waals surface area contributed by atoms with Gasteiger partial charge in [-0.05, 0) is 154 Å². The first-order valence-corrected chi connectivity index (χ1v) is 27.1. The number of H-pyrrole nitrogens is 1.